The molecular weight excluding hydrogens is 428 g/mol. The Hall–Kier alpha value is -1.94. The fourth-order valence-electron chi connectivity index (χ4n) is 4.20. The molecule has 0 aromatic heterocycles. The summed E-state index contributed by atoms with van der Waals surface area (Å²) in [6.45, 7) is 8.77. The molecule has 2 aromatic carbocycles. The van der Waals surface area contributed by atoms with Crippen LogP contribution in [-0.2, 0) is 10.8 Å². The number of methoxy groups -OCH3 is 1. The number of carbonyl (C=O) groups excluding carboxylic acids is 2. The van der Waals surface area contributed by atoms with Crippen LogP contribution in [0.25, 0.3) is 0 Å². The maximum atomic E-state index is 11.8. The zero-order valence-electron chi connectivity index (χ0n) is 17.9. The third-order valence-electron chi connectivity index (χ3n) is 6.22. The minimum atomic E-state index is 0.107. The average Bonchev–Trinajstić information content (AvgIpc) is 2.68. The molecule has 0 spiro atoms. The van der Waals surface area contributed by atoms with E-state index in [1.54, 1.807) is 7.11 Å². The summed E-state index contributed by atoms with van der Waals surface area (Å²) < 4.78 is 6.13. The molecule has 0 amide bonds. The van der Waals surface area contributed by atoms with Crippen LogP contribution in [0.3, 0.4) is 0 Å². The third-order valence-corrected chi connectivity index (χ3v) is 6.71. The Labute approximate surface area is 182 Å². The Morgan fingerprint density at radius 2 is 1.28 bits per heavy atom. The molecule has 0 unspecified atom stereocenters. The monoisotopic (exact) mass is 456 g/mol. The van der Waals surface area contributed by atoms with Crippen molar-refractivity contribution < 1.29 is 14.3 Å². The second-order valence-electron chi connectivity index (χ2n) is 9.22. The topological polar surface area (TPSA) is 43.4 Å². The number of fused-ring (bicyclic) bond motifs is 2. The molecule has 2 aliphatic rings. The van der Waals surface area contributed by atoms with Crippen LogP contribution in [0, 0.1) is 0 Å². The van der Waals surface area contributed by atoms with Gasteiger partial charge in [-0.3, -0.25) is 9.59 Å². The second kappa shape index (κ2) is 8.06. The van der Waals surface area contributed by atoms with E-state index in [9.17, 15) is 9.59 Å². The number of halogens is 1. The number of hydrogen-bond donors (Lipinski definition) is 0. The molecule has 0 atom stereocenters. The van der Waals surface area contributed by atoms with E-state index in [0.717, 1.165) is 39.8 Å². The standard InChI is InChI=1S/C13H16O2.C12H13BrO/c1-13(2)7-6-12(14)10-8-9(15-3)4-5-11(10)13;1-12(2)6-5-11(14)9-7-8(13)3-4-10(9)12/h4-5,8H,6-7H2,1-3H3;3-4,7H,5-6H2,1-2H3. The lowest BCUT2D eigenvalue weighted by Gasteiger charge is -2.31. The molecule has 0 bridgehead atoms. The molecule has 4 rings (SSSR count). The van der Waals surface area contributed by atoms with Gasteiger partial charge in [0.05, 0.1) is 7.11 Å². The van der Waals surface area contributed by atoms with Crippen molar-refractivity contribution in [2.24, 2.45) is 0 Å². The van der Waals surface area contributed by atoms with Gasteiger partial charge in [-0.1, -0.05) is 55.8 Å². The smallest absolute Gasteiger partial charge is 0.163 e. The number of rotatable bonds is 1. The van der Waals surface area contributed by atoms with E-state index in [2.05, 4.69) is 49.7 Å². The molecule has 4 heteroatoms. The SMILES string of the molecule is CC1(C)CCC(=O)c2cc(Br)ccc21.COc1ccc2c(c1)C(=O)CCC2(C)C. The summed E-state index contributed by atoms with van der Waals surface area (Å²) in [4.78, 5) is 23.5. The Morgan fingerprint density at radius 1 is 0.793 bits per heavy atom. The summed E-state index contributed by atoms with van der Waals surface area (Å²) in [5, 5.41) is 0. The van der Waals surface area contributed by atoms with Crippen molar-refractivity contribution in [1.29, 1.82) is 0 Å². The molecular formula is C25H29BrO3. The van der Waals surface area contributed by atoms with Crippen LogP contribution in [0.2, 0.25) is 0 Å². The molecule has 0 saturated heterocycles. The lowest BCUT2D eigenvalue weighted by Crippen LogP contribution is -2.27. The maximum absolute atomic E-state index is 11.8. The summed E-state index contributed by atoms with van der Waals surface area (Å²) in [7, 11) is 1.63. The van der Waals surface area contributed by atoms with Crippen LogP contribution in [0.1, 0.15) is 85.2 Å². The van der Waals surface area contributed by atoms with E-state index >= 15 is 0 Å². The fraction of sp³-hybridized carbons (Fsp3) is 0.440. The molecule has 0 saturated carbocycles. The van der Waals surface area contributed by atoms with Gasteiger partial charge in [0.2, 0.25) is 0 Å². The lowest BCUT2D eigenvalue weighted by molar-refractivity contribution is 0.0949. The van der Waals surface area contributed by atoms with E-state index in [4.69, 9.17) is 4.74 Å². The summed E-state index contributed by atoms with van der Waals surface area (Å²) in [5.41, 5.74) is 4.33. The first-order valence-corrected chi connectivity index (χ1v) is 10.9. The van der Waals surface area contributed by atoms with E-state index in [1.165, 1.54) is 5.56 Å². The molecule has 0 heterocycles. The molecule has 154 valence electrons. The van der Waals surface area contributed by atoms with Crippen LogP contribution in [0.5, 0.6) is 5.75 Å². The quantitative estimate of drug-likeness (QED) is 0.482. The van der Waals surface area contributed by atoms with Crippen molar-refractivity contribution in [2.75, 3.05) is 7.11 Å². The number of benzene rings is 2. The van der Waals surface area contributed by atoms with Crippen molar-refractivity contribution in [1.82, 2.24) is 0 Å². The van der Waals surface area contributed by atoms with Crippen molar-refractivity contribution in [3.8, 4) is 5.75 Å². The lowest BCUT2D eigenvalue weighted by atomic mass is 9.72. The molecule has 0 N–H and O–H groups in total. The van der Waals surface area contributed by atoms with Gasteiger partial charge in [0, 0.05) is 28.4 Å². The fourth-order valence-corrected chi connectivity index (χ4v) is 4.56. The number of ether oxygens (including phenoxy) is 1. The predicted molar refractivity (Wildman–Crippen MR) is 120 cm³/mol. The van der Waals surface area contributed by atoms with E-state index in [1.807, 2.05) is 30.3 Å². The maximum Gasteiger partial charge on any atom is 0.163 e. The van der Waals surface area contributed by atoms with Crippen LogP contribution in [0.15, 0.2) is 40.9 Å². The molecule has 2 aliphatic carbocycles. The number of carbonyl (C=O) groups is 2. The van der Waals surface area contributed by atoms with Crippen molar-refractivity contribution in [3.63, 3.8) is 0 Å². The molecule has 0 fully saturated rings. The summed E-state index contributed by atoms with van der Waals surface area (Å²) in [6, 6.07) is 11.8. The highest BCUT2D eigenvalue weighted by Crippen LogP contribution is 2.38. The minimum absolute atomic E-state index is 0.107. The van der Waals surface area contributed by atoms with Crippen LogP contribution in [-0.4, -0.2) is 18.7 Å². The van der Waals surface area contributed by atoms with Gasteiger partial charge in [-0.2, -0.15) is 0 Å². The van der Waals surface area contributed by atoms with Gasteiger partial charge in [-0.05, 0) is 59.1 Å². The van der Waals surface area contributed by atoms with Gasteiger partial charge < -0.3 is 4.74 Å². The van der Waals surface area contributed by atoms with Crippen molar-refractivity contribution in [2.45, 2.75) is 64.2 Å². The number of hydrogen-bond acceptors (Lipinski definition) is 3. The van der Waals surface area contributed by atoms with Crippen LogP contribution in [0.4, 0.5) is 0 Å². The predicted octanol–water partition coefficient (Wildman–Crippen LogP) is 6.65. The molecule has 29 heavy (non-hydrogen) atoms. The Balaban J connectivity index is 0.000000166. The van der Waals surface area contributed by atoms with Gasteiger partial charge in [0.15, 0.2) is 11.6 Å². The molecule has 3 nitrogen and oxygen atoms in total. The Morgan fingerprint density at radius 3 is 1.79 bits per heavy atom. The van der Waals surface area contributed by atoms with Crippen molar-refractivity contribution >= 4 is 27.5 Å². The van der Waals surface area contributed by atoms with E-state index in [-0.39, 0.29) is 22.4 Å². The highest BCUT2D eigenvalue weighted by Gasteiger charge is 2.32. The largest absolute Gasteiger partial charge is 0.497 e. The average molecular weight is 457 g/mol. The highest BCUT2D eigenvalue weighted by atomic mass is 79.9. The van der Waals surface area contributed by atoms with Gasteiger partial charge in [0.25, 0.3) is 0 Å². The molecule has 2 aromatic rings. The van der Waals surface area contributed by atoms with Crippen molar-refractivity contribution in [3.05, 3.63) is 63.1 Å². The van der Waals surface area contributed by atoms with E-state index in [0.29, 0.717) is 12.8 Å². The first-order valence-electron chi connectivity index (χ1n) is 10.1. The Bertz CT molecular complexity index is 957. The summed E-state index contributed by atoms with van der Waals surface area (Å²) in [5.74, 6) is 1.28. The molecule has 0 radical (unpaired) electrons. The first kappa shape index (κ1) is 21.8. The summed E-state index contributed by atoms with van der Waals surface area (Å²) in [6.07, 6.45) is 3.22. The zero-order valence-corrected chi connectivity index (χ0v) is 19.5. The third kappa shape index (κ3) is 4.48. The second-order valence-corrected chi connectivity index (χ2v) is 10.1. The highest BCUT2D eigenvalue weighted by molar-refractivity contribution is 9.10. The molecule has 0 aliphatic heterocycles. The number of Topliss-reactive ketones (excluding diaryl/α,β-unsaturated/α-hetero) is 2. The van der Waals surface area contributed by atoms with Crippen LogP contribution >= 0.6 is 15.9 Å². The van der Waals surface area contributed by atoms with Gasteiger partial charge >= 0.3 is 0 Å². The number of ketones is 2. The summed E-state index contributed by atoms with van der Waals surface area (Å²) >= 11 is 3.40. The minimum Gasteiger partial charge on any atom is -0.497 e. The van der Waals surface area contributed by atoms with Gasteiger partial charge in [0.1, 0.15) is 5.75 Å². The zero-order chi connectivity index (χ0) is 21.4. The van der Waals surface area contributed by atoms with E-state index < -0.39 is 0 Å². The normalized spacial score (nSPS) is 18.8. The van der Waals surface area contributed by atoms with Crippen LogP contribution < -0.4 is 4.74 Å². The van der Waals surface area contributed by atoms with Gasteiger partial charge in [-0.15, -0.1) is 0 Å². The first-order chi connectivity index (χ1) is 13.5. The Kier molecular flexibility index (Phi) is 6.05. The van der Waals surface area contributed by atoms with Gasteiger partial charge in [-0.25, -0.2) is 0 Å².